The second-order valence-corrected chi connectivity index (χ2v) is 3.22. The van der Waals surface area contributed by atoms with Crippen LogP contribution in [-0.2, 0) is 9.53 Å². The van der Waals surface area contributed by atoms with Gasteiger partial charge in [-0.2, -0.15) is 0 Å². The number of rotatable bonds is 1. The van der Waals surface area contributed by atoms with Crippen LogP contribution < -0.4 is 0 Å². The first-order chi connectivity index (χ1) is 5.29. The zero-order chi connectivity index (χ0) is 7.90. The highest BCUT2D eigenvalue weighted by molar-refractivity contribution is 5.93. The molecule has 1 aliphatic heterocycles. The fourth-order valence-electron chi connectivity index (χ4n) is 1.85. The van der Waals surface area contributed by atoms with Crippen molar-refractivity contribution >= 4 is 5.78 Å². The number of allylic oxidation sites excluding steroid dienone is 1. The number of ketones is 1. The summed E-state index contributed by atoms with van der Waals surface area (Å²) in [6.45, 7) is 1.93. The van der Waals surface area contributed by atoms with Gasteiger partial charge in [0.05, 0.1) is 6.10 Å². The number of epoxide rings is 1. The highest BCUT2D eigenvalue weighted by Crippen LogP contribution is 2.46. The molecule has 1 saturated carbocycles. The predicted octanol–water partition coefficient (Wildman–Crippen LogP) is 1.45. The predicted molar refractivity (Wildman–Crippen MR) is 41.3 cm³/mol. The quantitative estimate of drug-likeness (QED) is 0.420. The van der Waals surface area contributed by atoms with Crippen LogP contribution in [0.4, 0.5) is 0 Å². The summed E-state index contributed by atoms with van der Waals surface area (Å²) in [5.74, 6) is 0.270. The van der Waals surface area contributed by atoms with E-state index in [1.807, 2.05) is 19.1 Å². The van der Waals surface area contributed by atoms with Gasteiger partial charge in [-0.25, -0.2) is 0 Å². The van der Waals surface area contributed by atoms with Gasteiger partial charge in [-0.05, 0) is 25.8 Å². The van der Waals surface area contributed by atoms with E-state index < -0.39 is 5.60 Å². The van der Waals surface area contributed by atoms with E-state index >= 15 is 0 Å². The molecule has 0 aromatic rings. The van der Waals surface area contributed by atoms with Crippen LogP contribution in [0.1, 0.15) is 26.2 Å². The molecule has 0 aromatic carbocycles. The van der Waals surface area contributed by atoms with Crippen LogP contribution in [0.2, 0.25) is 0 Å². The highest BCUT2D eigenvalue weighted by atomic mass is 16.6. The van der Waals surface area contributed by atoms with Gasteiger partial charge in [0.1, 0.15) is 0 Å². The molecule has 2 unspecified atom stereocenters. The number of ether oxygens (including phenoxy) is 1. The molecule has 2 atom stereocenters. The van der Waals surface area contributed by atoms with Crippen molar-refractivity contribution in [2.45, 2.75) is 37.9 Å². The SMILES string of the molecule is CC=CC12OC1CCCC2=O. The molecule has 60 valence electrons. The Kier molecular flexibility index (Phi) is 1.39. The molecule has 0 N–H and O–H groups in total. The number of carbonyl (C=O) groups is 1. The second-order valence-electron chi connectivity index (χ2n) is 3.22. The standard InChI is InChI=1S/C9H12O2/c1-2-6-9-7(10)4-3-5-8(9)11-9/h2,6,8H,3-5H2,1H3. The average molecular weight is 152 g/mol. The van der Waals surface area contributed by atoms with E-state index in [9.17, 15) is 4.79 Å². The van der Waals surface area contributed by atoms with E-state index in [0.717, 1.165) is 12.8 Å². The highest BCUT2D eigenvalue weighted by Gasteiger charge is 2.61. The van der Waals surface area contributed by atoms with Crippen molar-refractivity contribution in [3.8, 4) is 0 Å². The second kappa shape index (κ2) is 2.18. The van der Waals surface area contributed by atoms with Crippen LogP contribution in [0.3, 0.4) is 0 Å². The molecule has 1 saturated heterocycles. The van der Waals surface area contributed by atoms with Gasteiger partial charge >= 0.3 is 0 Å². The van der Waals surface area contributed by atoms with Crippen molar-refractivity contribution in [3.63, 3.8) is 0 Å². The first-order valence-corrected chi connectivity index (χ1v) is 4.14. The first kappa shape index (κ1) is 7.04. The Labute approximate surface area is 66.2 Å². The molecule has 2 rings (SSSR count). The lowest BCUT2D eigenvalue weighted by atomic mass is 9.87. The van der Waals surface area contributed by atoms with Crippen LogP contribution >= 0.6 is 0 Å². The third kappa shape index (κ3) is 0.857. The van der Waals surface area contributed by atoms with Crippen molar-refractivity contribution in [1.29, 1.82) is 0 Å². The Balaban J connectivity index is 2.20. The maximum absolute atomic E-state index is 11.4. The maximum Gasteiger partial charge on any atom is 0.171 e. The van der Waals surface area contributed by atoms with Crippen LogP contribution in [0.15, 0.2) is 12.2 Å². The van der Waals surface area contributed by atoms with E-state index in [1.54, 1.807) is 0 Å². The topological polar surface area (TPSA) is 29.6 Å². The van der Waals surface area contributed by atoms with E-state index in [1.165, 1.54) is 0 Å². The number of fused-ring (bicyclic) bond motifs is 1. The summed E-state index contributed by atoms with van der Waals surface area (Å²) in [6.07, 6.45) is 6.77. The fraction of sp³-hybridized carbons (Fsp3) is 0.667. The molecular formula is C9H12O2. The van der Waals surface area contributed by atoms with Crippen molar-refractivity contribution in [2.75, 3.05) is 0 Å². The van der Waals surface area contributed by atoms with Crippen LogP contribution in [0.5, 0.6) is 0 Å². The Morgan fingerprint density at radius 2 is 2.55 bits per heavy atom. The zero-order valence-corrected chi connectivity index (χ0v) is 6.67. The Hall–Kier alpha value is -0.630. The zero-order valence-electron chi connectivity index (χ0n) is 6.67. The summed E-state index contributed by atoms with van der Waals surface area (Å²) >= 11 is 0. The minimum atomic E-state index is -0.465. The monoisotopic (exact) mass is 152 g/mol. The Morgan fingerprint density at radius 1 is 1.73 bits per heavy atom. The van der Waals surface area contributed by atoms with Crippen LogP contribution in [0.25, 0.3) is 0 Å². The van der Waals surface area contributed by atoms with Crippen LogP contribution in [-0.4, -0.2) is 17.5 Å². The summed E-state index contributed by atoms with van der Waals surface area (Å²) in [5, 5.41) is 0. The van der Waals surface area contributed by atoms with E-state index in [-0.39, 0.29) is 11.9 Å². The Morgan fingerprint density at radius 3 is 3.18 bits per heavy atom. The third-order valence-corrected chi connectivity index (χ3v) is 2.48. The van der Waals surface area contributed by atoms with Gasteiger partial charge in [0, 0.05) is 6.42 Å². The molecule has 2 heteroatoms. The first-order valence-electron chi connectivity index (χ1n) is 4.14. The van der Waals surface area contributed by atoms with Gasteiger partial charge in [0.25, 0.3) is 0 Å². The minimum absolute atomic E-state index is 0.208. The largest absolute Gasteiger partial charge is 0.353 e. The molecule has 0 aromatic heterocycles. The number of hydrogen-bond acceptors (Lipinski definition) is 2. The molecule has 1 heterocycles. The van der Waals surface area contributed by atoms with Gasteiger partial charge in [-0.1, -0.05) is 6.08 Å². The fourth-order valence-corrected chi connectivity index (χ4v) is 1.85. The minimum Gasteiger partial charge on any atom is -0.353 e. The molecule has 2 nitrogen and oxygen atoms in total. The van der Waals surface area contributed by atoms with E-state index in [4.69, 9.17) is 4.74 Å². The summed E-state index contributed by atoms with van der Waals surface area (Å²) < 4.78 is 5.38. The molecule has 1 aliphatic carbocycles. The molecule has 0 amide bonds. The van der Waals surface area contributed by atoms with Gasteiger partial charge in [0.2, 0.25) is 0 Å². The third-order valence-electron chi connectivity index (χ3n) is 2.48. The molecule has 11 heavy (non-hydrogen) atoms. The molecule has 2 aliphatic rings. The summed E-state index contributed by atoms with van der Waals surface area (Å²) in [6, 6.07) is 0. The lowest BCUT2D eigenvalue weighted by Gasteiger charge is -2.10. The van der Waals surface area contributed by atoms with Crippen LogP contribution in [0, 0.1) is 0 Å². The summed E-state index contributed by atoms with van der Waals surface area (Å²) in [7, 11) is 0. The maximum atomic E-state index is 11.4. The van der Waals surface area contributed by atoms with Gasteiger partial charge in [0.15, 0.2) is 11.4 Å². The van der Waals surface area contributed by atoms with E-state index in [2.05, 4.69) is 0 Å². The summed E-state index contributed by atoms with van der Waals surface area (Å²) in [4.78, 5) is 11.4. The lowest BCUT2D eigenvalue weighted by molar-refractivity contribution is -0.123. The Bertz CT molecular complexity index is 220. The smallest absolute Gasteiger partial charge is 0.171 e. The lowest BCUT2D eigenvalue weighted by Crippen LogP contribution is -2.28. The van der Waals surface area contributed by atoms with Crippen molar-refractivity contribution in [3.05, 3.63) is 12.2 Å². The van der Waals surface area contributed by atoms with Crippen molar-refractivity contribution in [2.24, 2.45) is 0 Å². The van der Waals surface area contributed by atoms with E-state index in [0.29, 0.717) is 6.42 Å². The molecule has 0 bridgehead atoms. The van der Waals surface area contributed by atoms with Gasteiger partial charge in [-0.3, -0.25) is 4.79 Å². The molecular weight excluding hydrogens is 140 g/mol. The summed E-state index contributed by atoms with van der Waals surface area (Å²) in [5.41, 5.74) is -0.465. The molecule has 0 radical (unpaired) electrons. The van der Waals surface area contributed by atoms with Crippen molar-refractivity contribution < 1.29 is 9.53 Å². The number of hydrogen-bond donors (Lipinski definition) is 0. The van der Waals surface area contributed by atoms with Gasteiger partial charge < -0.3 is 4.74 Å². The average Bonchev–Trinajstić information content (AvgIpc) is 2.66. The van der Waals surface area contributed by atoms with Crippen molar-refractivity contribution in [1.82, 2.24) is 0 Å². The normalized spacial score (nSPS) is 42.6. The molecule has 0 spiro atoms. The van der Waals surface area contributed by atoms with Gasteiger partial charge in [-0.15, -0.1) is 0 Å². The molecule has 2 fully saturated rings. The number of Topliss-reactive ketones (excluding diaryl/α,β-unsaturated/α-hetero) is 1. The number of carbonyl (C=O) groups excluding carboxylic acids is 1.